The molecule has 1 aromatic carbocycles. The summed E-state index contributed by atoms with van der Waals surface area (Å²) < 4.78 is 10.5. The molecule has 6 heteroatoms. The van der Waals surface area contributed by atoms with Crippen LogP contribution in [0.3, 0.4) is 0 Å². The number of hydrogen-bond donors (Lipinski definition) is 1. The zero-order valence-corrected chi connectivity index (χ0v) is 13.7. The van der Waals surface area contributed by atoms with Crippen LogP contribution < -0.4 is 5.32 Å². The Hall–Kier alpha value is -2.63. The van der Waals surface area contributed by atoms with Gasteiger partial charge in [-0.25, -0.2) is 9.78 Å². The first-order chi connectivity index (χ1) is 10.8. The molecule has 0 bridgehead atoms. The van der Waals surface area contributed by atoms with E-state index in [4.69, 9.17) is 9.15 Å². The molecule has 0 unspecified atom stereocenters. The summed E-state index contributed by atoms with van der Waals surface area (Å²) in [4.78, 5) is 27.9. The highest BCUT2D eigenvalue weighted by molar-refractivity contribution is 5.91. The Labute approximate surface area is 134 Å². The first kappa shape index (κ1) is 16.7. The summed E-state index contributed by atoms with van der Waals surface area (Å²) in [6.45, 7) is 6.82. The van der Waals surface area contributed by atoms with E-state index in [9.17, 15) is 9.59 Å². The van der Waals surface area contributed by atoms with Crippen molar-refractivity contribution < 1.29 is 18.7 Å². The highest BCUT2D eigenvalue weighted by Crippen LogP contribution is 2.21. The normalized spacial score (nSPS) is 11.1. The van der Waals surface area contributed by atoms with Gasteiger partial charge in [-0.2, -0.15) is 0 Å². The van der Waals surface area contributed by atoms with Gasteiger partial charge in [0.05, 0.1) is 0 Å². The van der Waals surface area contributed by atoms with Crippen molar-refractivity contribution >= 4 is 11.9 Å². The minimum absolute atomic E-state index is 0.0763. The summed E-state index contributed by atoms with van der Waals surface area (Å²) in [5.74, 6) is -0.355. The van der Waals surface area contributed by atoms with Crippen LogP contribution in [0.15, 0.2) is 34.7 Å². The maximum absolute atomic E-state index is 12.1. The lowest BCUT2D eigenvalue weighted by atomic mass is 10.1. The molecule has 0 fully saturated rings. The van der Waals surface area contributed by atoms with Gasteiger partial charge in [-0.05, 0) is 39.8 Å². The van der Waals surface area contributed by atoms with Crippen molar-refractivity contribution in [3.63, 3.8) is 0 Å². The lowest BCUT2D eigenvalue weighted by Crippen LogP contribution is -2.42. The summed E-state index contributed by atoms with van der Waals surface area (Å²) >= 11 is 0. The first-order valence-electron chi connectivity index (χ1n) is 7.27. The number of carbonyl (C=O) groups is 2. The summed E-state index contributed by atoms with van der Waals surface area (Å²) in [5.41, 5.74) is 0.459. The van der Waals surface area contributed by atoms with Crippen LogP contribution in [0.4, 0.5) is 0 Å². The first-order valence-corrected chi connectivity index (χ1v) is 7.27. The lowest BCUT2D eigenvalue weighted by molar-refractivity contribution is -0.125. The summed E-state index contributed by atoms with van der Waals surface area (Å²) in [6.07, 6.45) is 0. The molecule has 6 nitrogen and oxygen atoms in total. The number of amides is 1. The number of esters is 1. The average molecular weight is 316 g/mol. The van der Waals surface area contributed by atoms with Crippen LogP contribution in [0.5, 0.6) is 0 Å². The van der Waals surface area contributed by atoms with Gasteiger partial charge in [-0.15, -0.1) is 0 Å². The number of nitrogens with zero attached hydrogens (tertiary/aromatic N) is 1. The Morgan fingerprint density at radius 3 is 2.48 bits per heavy atom. The maximum atomic E-state index is 12.1. The Kier molecular flexibility index (Phi) is 4.83. The smallest absolute Gasteiger partial charge is 0.361 e. The molecule has 2 aromatic rings. The molecule has 0 saturated carbocycles. The standard InChI is InChI=1S/C17H20N2O4/c1-11-14(16(21)22-10-13(20)19-17(2,3)4)18-15(23-11)12-8-6-5-7-9-12/h5-9H,10H2,1-4H3,(H,19,20). The zero-order chi connectivity index (χ0) is 17.0. The van der Waals surface area contributed by atoms with Crippen LogP contribution in [0.1, 0.15) is 37.0 Å². The molecule has 0 radical (unpaired) electrons. The molecule has 0 aliphatic rings. The van der Waals surface area contributed by atoms with Gasteiger partial charge in [-0.3, -0.25) is 4.79 Å². The van der Waals surface area contributed by atoms with E-state index < -0.39 is 5.97 Å². The van der Waals surface area contributed by atoms with Gasteiger partial charge in [-0.1, -0.05) is 18.2 Å². The third kappa shape index (κ3) is 4.67. The van der Waals surface area contributed by atoms with E-state index in [1.807, 2.05) is 51.1 Å². The molecular formula is C17H20N2O4. The second kappa shape index (κ2) is 6.64. The van der Waals surface area contributed by atoms with Crippen molar-refractivity contribution in [1.29, 1.82) is 0 Å². The molecule has 1 aromatic heterocycles. The molecule has 1 N–H and O–H groups in total. The van der Waals surface area contributed by atoms with E-state index in [2.05, 4.69) is 10.3 Å². The van der Waals surface area contributed by atoms with E-state index in [1.165, 1.54) is 0 Å². The number of aryl methyl sites for hydroxylation is 1. The third-order valence-corrected chi connectivity index (χ3v) is 2.86. The lowest BCUT2D eigenvalue weighted by Gasteiger charge is -2.20. The number of hydrogen-bond acceptors (Lipinski definition) is 5. The minimum Gasteiger partial charge on any atom is -0.451 e. The number of ether oxygens (including phenoxy) is 1. The third-order valence-electron chi connectivity index (χ3n) is 2.86. The van der Waals surface area contributed by atoms with Crippen molar-refractivity contribution in [2.45, 2.75) is 33.2 Å². The van der Waals surface area contributed by atoms with Crippen LogP contribution in [0.25, 0.3) is 11.5 Å². The van der Waals surface area contributed by atoms with E-state index in [1.54, 1.807) is 6.92 Å². The Bertz CT molecular complexity index is 699. The van der Waals surface area contributed by atoms with Gasteiger partial charge in [0.1, 0.15) is 5.76 Å². The highest BCUT2D eigenvalue weighted by Gasteiger charge is 2.21. The number of carbonyl (C=O) groups excluding carboxylic acids is 2. The number of oxazole rings is 1. The highest BCUT2D eigenvalue weighted by atomic mass is 16.5. The van der Waals surface area contributed by atoms with Crippen LogP contribution in [0.2, 0.25) is 0 Å². The quantitative estimate of drug-likeness (QED) is 0.877. The molecule has 2 rings (SSSR count). The van der Waals surface area contributed by atoms with Gasteiger partial charge in [0.25, 0.3) is 5.91 Å². The fourth-order valence-corrected chi connectivity index (χ4v) is 1.94. The summed E-state index contributed by atoms with van der Waals surface area (Å²) in [5, 5.41) is 2.71. The van der Waals surface area contributed by atoms with Gasteiger partial charge >= 0.3 is 5.97 Å². The number of nitrogens with one attached hydrogen (secondary N) is 1. The molecule has 0 atom stereocenters. The van der Waals surface area contributed by atoms with Gasteiger partial charge in [0, 0.05) is 11.1 Å². The molecule has 0 aliphatic heterocycles. The minimum atomic E-state index is -0.683. The van der Waals surface area contributed by atoms with Crippen LogP contribution in [-0.2, 0) is 9.53 Å². The monoisotopic (exact) mass is 316 g/mol. The molecule has 0 spiro atoms. The summed E-state index contributed by atoms with van der Waals surface area (Å²) in [6, 6.07) is 9.24. The predicted octanol–water partition coefficient (Wildman–Crippen LogP) is 2.72. The van der Waals surface area contributed by atoms with Gasteiger partial charge in [0.15, 0.2) is 12.3 Å². The second-order valence-corrected chi connectivity index (χ2v) is 6.16. The Balaban J connectivity index is 2.03. The van der Waals surface area contributed by atoms with Gasteiger partial charge < -0.3 is 14.5 Å². The number of rotatable bonds is 4. The van der Waals surface area contributed by atoms with E-state index in [0.29, 0.717) is 11.7 Å². The molecule has 23 heavy (non-hydrogen) atoms. The van der Waals surface area contributed by atoms with Crippen molar-refractivity contribution in [2.24, 2.45) is 0 Å². The van der Waals surface area contributed by atoms with Crippen LogP contribution in [-0.4, -0.2) is 29.0 Å². The van der Waals surface area contributed by atoms with Crippen molar-refractivity contribution in [2.75, 3.05) is 6.61 Å². The SMILES string of the molecule is Cc1oc(-c2ccccc2)nc1C(=O)OCC(=O)NC(C)(C)C. The maximum Gasteiger partial charge on any atom is 0.361 e. The molecule has 0 aliphatic carbocycles. The molecule has 1 amide bonds. The number of benzene rings is 1. The van der Waals surface area contributed by atoms with Crippen molar-refractivity contribution in [3.05, 3.63) is 41.8 Å². The van der Waals surface area contributed by atoms with Crippen LogP contribution >= 0.6 is 0 Å². The summed E-state index contributed by atoms with van der Waals surface area (Å²) in [7, 11) is 0. The second-order valence-electron chi connectivity index (χ2n) is 6.16. The zero-order valence-electron chi connectivity index (χ0n) is 13.7. The molecule has 1 heterocycles. The van der Waals surface area contributed by atoms with Gasteiger partial charge in [0.2, 0.25) is 5.89 Å². The fraction of sp³-hybridized carbons (Fsp3) is 0.353. The molecular weight excluding hydrogens is 296 g/mol. The van der Waals surface area contributed by atoms with E-state index in [-0.39, 0.29) is 23.7 Å². The molecule has 0 saturated heterocycles. The predicted molar refractivity (Wildman–Crippen MR) is 84.9 cm³/mol. The largest absolute Gasteiger partial charge is 0.451 e. The Morgan fingerprint density at radius 2 is 1.87 bits per heavy atom. The van der Waals surface area contributed by atoms with E-state index >= 15 is 0 Å². The van der Waals surface area contributed by atoms with E-state index in [0.717, 1.165) is 5.56 Å². The number of aromatic nitrogens is 1. The topological polar surface area (TPSA) is 81.4 Å². The Morgan fingerprint density at radius 1 is 1.22 bits per heavy atom. The van der Waals surface area contributed by atoms with Crippen molar-refractivity contribution in [1.82, 2.24) is 10.3 Å². The molecule has 122 valence electrons. The van der Waals surface area contributed by atoms with Crippen molar-refractivity contribution in [3.8, 4) is 11.5 Å². The average Bonchev–Trinajstić information content (AvgIpc) is 2.86. The van der Waals surface area contributed by atoms with Crippen LogP contribution in [0, 0.1) is 6.92 Å². The fourth-order valence-electron chi connectivity index (χ4n) is 1.94.